The lowest BCUT2D eigenvalue weighted by atomic mass is 10.0. The molecule has 0 amide bonds. The number of hydrogen-bond donors (Lipinski definition) is 3. The Morgan fingerprint density at radius 3 is 2.03 bits per heavy atom. The molecule has 0 radical (unpaired) electrons. The van der Waals surface area contributed by atoms with Crippen molar-refractivity contribution in [1.82, 2.24) is 4.72 Å². The fraction of sp³-hybridized carbons (Fsp3) is 0.538. The van der Waals surface area contributed by atoms with E-state index in [1.165, 1.54) is 63.4 Å². The molecule has 5 nitrogen and oxygen atoms in total. The van der Waals surface area contributed by atoms with E-state index in [0.29, 0.717) is 11.4 Å². The Bertz CT molecular complexity index is 867. The van der Waals surface area contributed by atoms with Crippen molar-refractivity contribution in [3.63, 3.8) is 0 Å². The van der Waals surface area contributed by atoms with Gasteiger partial charge in [0.05, 0.1) is 4.90 Å². The summed E-state index contributed by atoms with van der Waals surface area (Å²) in [7, 11) is -3.52. The molecule has 178 valence electrons. The van der Waals surface area contributed by atoms with Gasteiger partial charge in [-0.05, 0) is 42.7 Å². The molecule has 0 bridgehead atoms. The second-order valence-electron chi connectivity index (χ2n) is 8.45. The molecule has 0 unspecified atom stereocenters. The van der Waals surface area contributed by atoms with Gasteiger partial charge in [0.15, 0.2) is 0 Å². The SMILES string of the molecule is CCCCCCCCCCCCc1ccc(S(=O)(=O)NCCNc2cccc(O)c2)cc1. The van der Waals surface area contributed by atoms with E-state index < -0.39 is 10.0 Å². The highest BCUT2D eigenvalue weighted by Gasteiger charge is 2.12. The highest BCUT2D eigenvalue weighted by molar-refractivity contribution is 7.89. The number of phenols is 1. The fourth-order valence-electron chi connectivity index (χ4n) is 3.74. The number of sulfonamides is 1. The molecule has 0 aromatic heterocycles. The van der Waals surface area contributed by atoms with Crippen LogP contribution >= 0.6 is 0 Å². The number of hydrogen-bond acceptors (Lipinski definition) is 4. The zero-order chi connectivity index (χ0) is 23.1. The molecule has 2 aromatic rings. The number of nitrogens with one attached hydrogen (secondary N) is 2. The van der Waals surface area contributed by atoms with Gasteiger partial charge < -0.3 is 10.4 Å². The highest BCUT2D eigenvalue weighted by Crippen LogP contribution is 2.16. The molecule has 32 heavy (non-hydrogen) atoms. The van der Waals surface area contributed by atoms with E-state index in [2.05, 4.69) is 17.0 Å². The summed E-state index contributed by atoms with van der Waals surface area (Å²) in [5.74, 6) is 0.175. The molecule has 0 atom stereocenters. The van der Waals surface area contributed by atoms with E-state index in [1.807, 2.05) is 18.2 Å². The van der Waals surface area contributed by atoms with Crippen LogP contribution in [-0.2, 0) is 16.4 Å². The number of aryl methyl sites for hydroxylation is 1. The van der Waals surface area contributed by atoms with E-state index in [4.69, 9.17) is 0 Å². The quantitative estimate of drug-likeness (QED) is 0.244. The number of unbranched alkanes of at least 4 members (excludes halogenated alkanes) is 9. The molecule has 6 heteroatoms. The highest BCUT2D eigenvalue weighted by atomic mass is 32.2. The van der Waals surface area contributed by atoms with Crippen molar-refractivity contribution in [3.05, 3.63) is 54.1 Å². The Balaban J connectivity index is 1.61. The second-order valence-corrected chi connectivity index (χ2v) is 10.2. The number of phenolic OH excluding ortho intramolecular Hbond substituents is 1. The van der Waals surface area contributed by atoms with E-state index >= 15 is 0 Å². The summed E-state index contributed by atoms with van der Waals surface area (Å²) in [6, 6.07) is 14.0. The molecule has 3 N–H and O–H groups in total. The average molecular weight is 461 g/mol. The lowest BCUT2D eigenvalue weighted by Gasteiger charge is -2.10. The minimum atomic E-state index is -3.52. The molecule has 0 aliphatic carbocycles. The van der Waals surface area contributed by atoms with Crippen LogP contribution in [0.15, 0.2) is 53.4 Å². The summed E-state index contributed by atoms with van der Waals surface area (Å²) in [5.41, 5.74) is 1.94. The zero-order valence-electron chi connectivity index (χ0n) is 19.5. The Kier molecular flexibility index (Phi) is 12.2. The summed E-state index contributed by atoms with van der Waals surface area (Å²) in [6.07, 6.45) is 14.2. The zero-order valence-corrected chi connectivity index (χ0v) is 20.3. The van der Waals surface area contributed by atoms with Crippen molar-refractivity contribution in [1.29, 1.82) is 0 Å². The van der Waals surface area contributed by atoms with Crippen LogP contribution in [0.3, 0.4) is 0 Å². The minimum Gasteiger partial charge on any atom is -0.508 e. The fourth-order valence-corrected chi connectivity index (χ4v) is 4.78. The van der Waals surface area contributed by atoms with Gasteiger partial charge in [-0.25, -0.2) is 13.1 Å². The van der Waals surface area contributed by atoms with Crippen LogP contribution in [0.5, 0.6) is 5.75 Å². The largest absolute Gasteiger partial charge is 0.508 e. The molecule has 2 rings (SSSR count). The molecule has 0 fully saturated rings. The number of benzene rings is 2. The monoisotopic (exact) mass is 460 g/mol. The van der Waals surface area contributed by atoms with Gasteiger partial charge in [-0.15, -0.1) is 0 Å². The van der Waals surface area contributed by atoms with Crippen LogP contribution in [0.2, 0.25) is 0 Å². The van der Waals surface area contributed by atoms with Crippen molar-refractivity contribution in [3.8, 4) is 5.75 Å². The van der Waals surface area contributed by atoms with E-state index in [-0.39, 0.29) is 12.3 Å². The summed E-state index contributed by atoms with van der Waals surface area (Å²) in [5, 5.41) is 12.5. The van der Waals surface area contributed by atoms with Gasteiger partial charge in [0, 0.05) is 24.8 Å². The molecule has 0 aliphatic heterocycles. The van der Waals surface area contributed by atoms with Crippen LogP contribution < -0.4 is 10.0 Å². The van der Waals surface area contributed by atoms with Crippen molar-refractivity contribution in [2.75, 3.05) is 18.4 Å². The van der Waals surface area contributed by atoms with Gasteiger partial charge in [0.25, 0.3) is 0 Å². The van der Waals surface area contributed by atoms with Gasteiger partial charge in [-0.3, -0.25) is 0 Å². The summed E-state index contributed by atoms with van der Waals surface area (Å²) in [6.45, 7) is 2.95. The Morgan fingerprint density at radius 2 is 1.41 bits per heavy atom. The molecular weight excluding hydrogens is 420 g/mol. The van der Waals surface area contributed by atoms with Gasteiger partial charge in [-0.2, -0.15) is 0 Å². The molecule has 0 aliphatic rings. The lowest BCUT2D eigenvalue weighted by molar-refractivity contribution is 0.475. The summed E-state index contributed by atoms with van der Waals surface area (Å²) < 4.78 is 27.6. The third-order valence-corrected chi connectivity index (χ3v) is 7.12. The Morgan fingerprint density at radius 1 is 0.781 bits per heavy atom. The second kappa shape index (κ2) is 14.9. The minimum absolute atomic E-state index is 0.175. The molecular formula is C26H40N2O3S. The van der Waals surface area contributed by atoms with E-state index in [9.17, 15) is 13.5 Å². The standard InChI is InChI=1S/C26H40N2O3S/c1-2-3-4-5-6-7-8-9-10-11-13-23-16-18-26(19-17-23)32(30,31)28-21-20-27-24-14-12-15-25(29)22-24/h12,14-19,22,27-29H,2-11,13,20-21H2,1H3. The first-order valence-electron chi connectivity index (χ1n) is 12.1. The third kappa shape index (κ3) is 10.5. The first kappa shape index (κ1) is 26.2. The molecule has 2 aromatic carbocycles. The first-order chi connectivity index (χ1) is 15.5. The van der Waals surface area contributed by atoms with Gasteiger partial charge in [0.1, 0.15) is 5.75 Å². The molecule has 0 heterocycles. The van der Waals surface area contributed by atoms with E-state index in [0.717, 1.165) is 18.5 Å². The smallest absolute Gasteiger partial charge is 0.240 e. The average Bonchev–Trinajstić information content (AvgIpc) is 2.78. The molecule has 0 spiro atoms. The Labute approximate surface area is 194 Å². The van der Waals surface area contributed by atoms with Gasteiger partial charge in [-0.1, -0.05) is 82.9 Å². The van der Waals surface area contributed by atoms with Crippen LogP contribution in [0, 0.1) is 0 Å². The van der Waals surface area contributed by atoms with Crippen LogP contribution in [-0.4, -0.2) is 26.6 Å². The van der Waals surface area contributed by atoms with Crippen LogP contribution in [0.4, 0.5) is 5.69 Å². The maximum Gasteiger partial charge on any atom is 0.240 e. The van der Waals surface area contributed by atoms with Crippen LogP contribution in [0.1, 0.15) is 76.7 Å². The predicted octanol–water partition coefficient (Wildman–Crippen LogP) is 6.25. The number of aromatic hydroxyl groups is 1. The van der Waals surface area contributed by atoms with Gasteiger partial charge in [0.2, 0.25) is 10.0 Å². The maximum absolute atomic E-state index is 12.5. The van der Waals surface area contributed by atoms with Crippen molar-refractivity contribution in [2.45, 2.75) is 82.4 Å². The number of anilines is 1. The van der Waals surface area contributed by atoms with Crippen molar-refractivity contribution >= 4 is 15.7 Å². The third-order valence-electron chi connectivity index (χ3n) is 5.65. The van der Waals surface area contributed by atoms with E-state index in [1.54, 1.807) is 30.3 Å². The maximum atomic E-state index is 12.5. The molecule has 0 saturated heterocycles. The summed E-state index contributed by atoms with van der Waals surface area (Å²) in [4.78, 5) is 0.293. The number of rotatable bonds is 17. The normalized spacial score (nSPS) is 11.5. The van der Waals surface area contributed by atoms with Crippen molar-refractivity contribution in [2.24, 2.45) is 0 Å². The predicted molar refractivity (Wildman–Crippen MR) is 134 cm³/mol. The first-order valence-corrected chi connectivity index (χ1v) is 13.6. The topological polar surface area (TPSA) is 78.4 Å². The van der Waals surface area contributed by atoms with Crippen molar-refractivity contribution < 1.29 is 13.5 Å². The van der Waals surface area contributed by atoms with Crippen LogP contribution in [0.25, 0.3) is 0 Å². The summed E-state index contributed by atoms with van der Waals surface area (Å²) >= 11 is 0. The Hall–Kier alpha value is -2.05. The molecule has 0 saturated carbocycles. The van der Waals surface area contributed by atoms with Gasteiger partial charge >= 0.3 is 0 Å². The lowest BCUT2D eigenvalue weighted by Crippen LogP contribution is -2.28.